The van der Waals surface area contributed by atoms with Gasteiger partial charge in [0.1, 0.15) is 5.71 Å². The van der Waals surface area contributed by atoms with Gasteiger partial charge in [-0.3, -0.25) is 0 Å². The van der Waals surface area contributed by atoms with Gasteiger partial charge in [0.25, 0.3) is 0 Å². The van der Waals surface area contributed by atoms with Gasteiger partial charge < -0.3 is 0 Å². The maximum Gasteiger partial charge on any atom is 0.104 e. The minimum absolute atomic E-state index is 0.656. The molecule has 0 N–H and O–H groups in total. The molecule has 0 fully saturated rings. The largest absolute Gasteiger partial charge is 0.205 e. The lowest BCUT2D eigenvalue weighted by atomic mass is 10.1. The molecule has 0 aromatic heterocycles. The van der Waals surface area contributed by atoms with Crippen molar-refractivity contribution in [1.29, 1.82) is 0 Å². The molecule has 1 aromatic carbocycles. The van der Waals surface area contributed by atoms with E-state index < -0.39 is 0 Å². The second-order valence-corrected chi connectivity index (χ2v) is 4.65. The molecule has 1 aliphatic rings. The van der Waals surface area contributed by atoms with Crippen molar-refractivity contribution < 1.29 is 4.59 Å². The zero-order chi connectivity index (χ0) is 10.2. The fourth-order valence-electron chi connectivity index (χ4n) is 1.87. The summed E-state index contributed by atoms with van der Waals surface area (Å²) in [6.45, 7) is 0. The van der Waals surface area contributed by atoms with Gasteiger partial charge in [-0.2, -0.15) is 0 Å². The molecule has 0 saturated heterocycles. The Labute approximate surface area is 85.5 Å². The first-order chi connectivity index (χ1) is 6.56. The average Bonchev–Trinajstić information content (AvgIpc) is 2.47. The predicted octanol–water partition coefficient (Wildman–Crippen LogP) is 2.04. The van der Waals surface area contributed by atoms with Crippen LogP contribution in [0, 0.1) is 0 Å². The van der Waals surface area contributed by atoms with E-state index in [-0.39, 0.29) is 0 Å². The summed E-state index contributed by atoms with van der Waals surface area (Å²) in [6.07, 6.45) is 2.24. The normalized spacial score (nSPS) is 18.6. The molecule has 0 bridgehead atoms. The van der Waals surface area contributed by atoms with Crippen LogP contribution in [0.15, 0.2) is 29.4 Å². The summed E-state index contributed by atoms with van der Waals surface area (Å²) < 4.78 is 0.656. The number of hydrogen-bond donors (Lipinski definition) is 0. The number of hydrogen-bond acceptors (Lipinski definition) is 1. The molecule has 0 atom stereocenters. The lowest BCUT2D eigenvalue weighted by Crippen LogP contribution is -2.29. The van der Waals surface area contributed by atoms with Crippen LogP contribution in [0.2, 0.25) is 0 Å². The van der Waals surface area contributed by atoms with Crippen LogP contribution in [0.4, 0.5) is 0 Å². The highest BCUT2D eigenvalue weighted by atomic mass is 15.6. The van der Waals surface area contributed by atoms with Gasteiger partial charge in [-0.1, -0.05) is 29.4 Å². The molecule has 2 heteroatoms. The Kier molecular flexibility index (Phi) is 2.16. The SMILES string of the molecule is C[N+](C)(C)/N=C1\CCc2ccccc21. The minimum Gasteiger partial charge on any atom is -0.205 e. The molecule has 0 unspecified atom stereocenters. The van der Waals surface area contributed by atoms with E-state index in [2.05, 4.69) is 45.4 Å². The third-order valence-corrected chi connectivity index (χ3v) is 2.38. The van der Waals surface area contributed by atoms with Crippen molar-refractivity contribution in [2.24, 2.45) is 5.10 Å². The van der Waals surface area contributed by atoms with Crippen LogP contribution < -0.4 is 0 Å². The quantitative estimate of drug-likeness (QED) is 0.473. The van der Waals surface area contributed by atoms with Gasteiger partial charge in [0.2, 0.25) is 0 Å². The Bertz CT molecular complexity index is 372. The first-order valence-electron chi connectivity index (χ1n) is 5.05. The van der Waals surface area contributed by atoms with E-state index in [1.54, 1.807) is 0 Å². The number of nitrogens with zero attached hydrogens (tertiary/aromatic N) is 2. The predicted molar refractivity (Wildman–Crippen MR) is 59.3 cm³/mol. The van der Waals surface area contributed by atoms with Crippen molar-refractivity contribution in [3.8, 4) is 0 Å². The summed E-state index contributed by atoms with van der Waals surface area (Å²) in [5.41, 5.74) is 4.05. The number of benzene rings is 1. The summed E-state index contributed by atoms with van der Waals surface area (Å²) in [4.78, 5) is 0. The Morgan fingerprint density at radius 1 is 1.07 bits per heavy atom. The van der Waals surface area contributed by atoms with Crippen molar-refractivity contribution in [3.63, 3.8) is 0 Å². The Balaban J connectivity index is 2.40. The van der Waals surface area contributed by atoms with E-state index in [1.165, 1.54) is 16.8 Å². The van der Waals surface area contributed by atoms with Gasteiger partial charge in [-0.05, 0) is 18.4 Å². The summed E-state index contributed by atoms with van der Waals surface area (Å²) in [5.74, 6) is 0. The maximum atomic E-state index is 4.70. The molecule has 2 rings (SSSR count). The molecular formula is C12H17N2+. The van der Waals surface area contributed by atoms with Crippen LogP contribution in [0.3, 0.4) is 0 Å². The fourth-order valence-corrected chi connectivity index (χ4v) is 1.87. The zero-order valence-corrected chi connectivity index (χ0v) is 9.12. The minimum atomic E-state index is 0.656. The Morgan fingerprint density at radius 2 is 1.79 bits per heavy atom. The Hall–Kier alpha value is -1.15. The van der Waals surface area contributed by atoms with E-state index >= 15 is 0 Å². The summed E-state index contributed by atoms with van der Waals surface area (Å²) in [5, 5.41) is 4.70. The van der Waals surface area contributed by atoms with Crippen molar-refractivity contribution in [2.75, 3.05) is 21.1 Å². The van der Waals surface area contributed by atoms with Gasteiger partial charge >= 0.3 is 0 Å². The smallest absolute Gasteiger partial charge is 0.104 e. The van der Waals surface area contributed by atoms with Crippen molar-refractivity contribution in [1.82, 2.24) is 0 Å². The molecule has 2 nitrogen and oxygen atoms in total. The highest BCUT2D eigenvalue weighted by molar-refractivity contribution is 6.04. The highest BCUT2D eigenvalue weighted by Gasteiger charge is 2.20. The van der Waals surface area contributed by atoms with Gasteiger partial charge in [-0.25, -0.2) is 4.59 Å². The van der Waals surface area contributed by atoms with Gasteiger partial charge in [0.15, 0.2) is 0 Å². The fraction of sp³-hybridized carbons (Fsp3) is 0.417. The molecule has 74 valence electrons. The van der Waals surface area contributed by atoms with Crippen LogP contribution >= 0.6 is 0 Å². The standard InChI is InChI=1S/C12H17N2/c1-14(2,3)13-12-9-8-10-6-4-5-7-11(10)12/h4-7H,8-9H2,1-3H3/q+1/b13-12+. The van der Waals surface area contributed by atoms with E-state index in [4.69, 9.17) is 5.10 Å². The van der Waals surface area contributed by atoms with Gasteiger partial charge in [-0.15, -0.1) is 0 Å². The number of quaternary nitrogens is 1. The van der Waals surface area contributed by atoms with Crippen LogP contribution in [-0.2, 0) is 6.42 Å². The lowest BCUT2D eigenvalue weighted by molar-refractivity contribution is -0.877. The summed E-state index contributed by atoms with van der Waals surface area (Å²) >= 11 is 0. The number of rotatable bonds is 1. The van der Waals surface area contributed by atoms with E-state index in [0.717, 1.165) is 12.8 Å². The first-order valence-corrected chi connectivity index (χ1v) is 5.05. The number of aryl methyl sites for hydroxylation is 1. The maximum absolute atomic E-state index is 4.70. The van der Waals surface area contributed by atoms with Crippen molar-refractivity contribution >= 4 is 5.71 Å². The zero-order valence-electron chi connectivity index (χ0n) is 9.12. The summed E-state index contributed by atoms with van der Waals surface area (Å²) in [7, 11) is 6.27. The second-order valence-electron chi connectivity index (χ2n) is 4.65. The first kappa shape index (κ1) is 9.41. The number of fused-ring (bicyclic) bond motifs is 1. The Morgan fingerprint density at radius 3 is 2.50 bits per heavy atom. The molecule has 1 aromatic rings. The molecular weight excluding hydrogens is 172 g/mol. The van der Waals surface area contributed by atoms with E-state index in [0.29, 0.717) is 4.59 Å². The molecule has 0 aliphatic heterocycles. The third kappa shape index (κ3) is 1.85. The highest BCUT2D eigenvalue weighted by Crippen LogP contribution is 2.22. The van der Waals surface area contributed by atoms with Crippen LogP contribution in [0.1, 0.15) is 17.5 Å². The van der Waals surface area contributed by atoms with Gasteiger partial charge in [0.05, 0.1) is 21.1 Å². The molecule has 0 amide bonds. The molecule has 1 aliphatic carbocycles. The molecule has 14 heavy (non-hydrogen) atoms. The second kappa shape index (κ2) is 3.21. The van der Waals surface area contributed by atoms with E-state index in [9.17, 15) is 0 Å². The van der Waals surface area contributed by atoms with Crippen LogP contribution in [0.5, 0.6) is 0 Å². The van der Waals surface area contributed by atoms with E-state index in [1.807, 2.05) is 0 Å². The van der Waals surface area contributed by atoms with Crippen LogP contribution in [-0.4, -0.2) is 31.4 Å². The van der Waals surface area contributed by atoms with Crippen molar-refractivity contribution in [2.45, 2.75) is 12.8 Å². The average molecular weight is 189 g/mol. The van der Waals surface area contributed by atoms with Gasteiger partial charge in [0, 0.05) is 5.56 Å². The topological polar surface area (TPSA) is 12.4 Å². The summed E-state index contributed by atoms with van der Waals surface area (Å²) in [6, 6.07) is 8.58. The molecule has 0 radical (unpaired) electrons. The van der Waals surface area contributed by atoms with Crippen molar-refractivity contribution in [3.05, 3.63) is 35.4 Å². The monoisotopic (exact) mass is 189 g/mol. The lowest BCUT2D eigenvalue weighted by Gasteiger charge is -2.16. The third-order valence-electron chi connectivity index (χ3n) is 2.38. The molecule has 0 heterocycles. The molecule has 0 spiro atoms. The van der Waals surface area contributed by atoms with Crippen LogP contribution in [0.25, 0.3) is 0 Å². The molecule has 0 saturated carbocycles.